The SMILES string of the molecule is NC(=O)[C@@H](N)Cc1ccccc1.N[C@@H](CO)C(=O)O. The predicted molar refractivity (Wildman–Crippen MR) is 70.0 cm³/mol. The van der Waals surface area contributed by atoms with Crippen LogP contribution in [-0.4, -0.2) is 40.8 Å². The number of aliphatic carboxylic acids is 1. The molecule has 1 rings (SSSR count). The van der Waals surface area contributed by atoms with Crippen molar-refractivity contribution in [2.45, 2.75) is 18.5 Å². The molecular formula is C12H19N3O4. The average molecular weight is 269 g/mol. The van der Waals surface area contributed by atoms with Crippen LogP contribution < -0.4 is 17.2 Å². The maximum Gasteiger partial charge on any atom is 0.322 e. The number of hydrogen-bond donors (Lipinski definition) is 5. The van der Waals surface area contributed by atoms with E-state index in [-0.39, 0.29) is 0 Å². The molecule has 7 heteroatoms. The Balaban J connectivity index is 0.000000399. The molecule has 0 aliphatic rings. The molecule has 8 N–H and O–H groups in total. The number of nitrogens with two attached hydrogens (primary N) is 3. The van der Waals surface area contributed by atoms with Crippen molar-refractivity contribution in [3.63, 3.8) is 0 Å². The quantitative estimate of drug-likeness (QED) is 0.435. The molecule has 0 saturated heterocycles. The molecule has 0 aromatic heterocycles. The summed E-state index contributed by atoms with van der Waals surface area (Å²) in [5.74, 6) is -1.64. The third-order valence-electron chi connectivity index (χ3n) is 2.18. The van der Waals surface area contributed by atoms with Crippen molar-refractivity contribution in [1.29, 1.82) is 0 Å². The van der Waals surface area contributed by atoms with Gasteiger partial charge in [-0.05, 0) is 12.0 Å². The number of carboxylic acid groups (broad SMARTS) is 1. The Morgan fingerprint density at radius 2 is 1.63 bits per heavy atom. The van der Waals surface area contributed by atoms with Crippen LogP contribution in [0.2, 0.25) is 0 Å². The molecule has 2 atom stereocenters. The van der Waals surface area contributed by atoms with Crippen molar-refractivity contribution in [3.05, 3.63) is 35.9 Å². The van der Waals surface area contributed by atoms with Gasteiger partial charge in [0.05, 0.1) is 12.6 Å². The molecule has 0 heterocycles. The van der Waals surface area contributed by atoms with E-state index in [1.807, 2.05) is 30.3 Å². The zero-order chi connectivity index (χ0) is 14.8. The molecule has 0 bridgehead atoms. The summed E-state index contributed by atoms with van der Waals surface area (Å²) >= 11 is 0. The van der Waals surface area contributed by atoms with E-state index < -0.39 is 30.6 Å². The lowest BCUT2D eigenvalue weighted by Gasteiger charge is -2.06. The molecule has 1 amide bonds. The molecule has 1 aromatic carbocycles. The van der Waals surface area contributed by atoms with Crippen LogP contribution in [0, 0.1) is 0 Å². The number of amides is 1. The average Bonchev–Trinajstić information content (AvgIpc) is 2.39. The first-order valence-electron chi connectivity index (χ1n) is 5.56. The van der Waals surface area contributed by atoms with Gasteiger partial charge in [0, 0.05) is 0 Å². The topological polar surface area (TPSA) is 153 Å². The highest BCUT2D eigenvalue weighted by molar-refractivity contribution is 5.79. The van der Waals surface area contributed by atoms with Crippen LogP contribution in [0.5, 0.6) is 0 Å². The molecule has 106 valence electrons. The van der Waals surface area contributed by atoms with Crippen molar-refractivity contribution in [3.8, 4) is 0 Å². The number of carbonyl (C=O) groups excluding carboxylic acids is 1. The zero-order valence-corrected chi connectivity index (χ0v) is 10.4. The van der Waals surface area contributed by atoms with Gasteiger partial charge in [0.1, 0.15) is 6.04 Å². The lowest BCUT2D eigenvalue weighted by atomic mass is 10.1. The summed E-state index contributed by atoms with van der Waals surface area (Å²) in [6.45, 7) is -0.505. The van der Waals surface area contributed by atoms with Crippen LogP contribution in [0.4, 0.5) is 0 Å². The molecule has 7 nitrogen and oxygen atoms in total. The number of hydrogen-bond acceptors (Lipinski definition) is 5. The lowest BCUT2D eigenvalue weighted by molar-refractivity contribution is -0.139. The smallest absolute Gasteiger partial charge is 0.322 e. The molecule has 0 saturated carbocycles. The van der Waals surface area contributed by atoms with E-state index in [4.69, 9.17) is 27.4 Å². The van der Waals surface area contributed by atoms with Gasteiger partial charge in [-0.1, -0.05) is 30.3 Å². The standard InChI is InChI=1S/C9H12N2O.C3H7NO3/c10-8(9(11)12)6-7-4-2-1-3-5-7;4-2(1-5)3(6)7/h1-5,8H,6,10H2,(H2,11,12);2,5H,1,4H2,(H,6,7)/t8-;2-/m00/s1. The number of benzene rings is 1. The maximum absolute atomic E-state index is 10.6. The van der Waals surface area contributed by atoms with Gasteiger partial charge >= 0.3 is 5.97 Å². The molecule has 0 spiro atoms. The van der Waals surface area contributed by atoms with Crippen molar-refractivity contribution in [2.24, 2.45) is 17.2 Å². The van der Waals surface area contributed by atoms with E-state index in [9.17, 15) is 9.59 Å². The van der Waals surface area contributed by atoms with Gasteiger partial charge < -0.3 is 27.4 Å². The number of aliphatic hydroxyl groups is 1. The monoisotopic (exact) mass is 269 g/mol. The van der Waals surface area contributed by atoms with Crippen LogP contribution in [-0.2, 0) is 16.0 Å². The van der Waals surface area contributed by atoms with Crippen LogP contribution >= 0.6 is 0 Å². The summed E-state index contributed by atoms with van der Waals surface area (Å²) in [6, 6.07) is 7.86. The summed E-state index contributed by atoms with van der Waals surface area (Å²) in [6.07, 6.45) is 0.510. The fourth-order valence-corrected chi connectivity index (χ4v) is 1.05. The molecule has 19 heavy (non-hydrogen) atoms. The second kappa shape index (κ2) is 9.03. The number of primary amides is 1. The number of rotatable bonds is 5. The molecule has 0 radical (unpaired) electrons. The van der Waals surface area contributed by atoms with E-state index in [1.165, 1.54) is 0 Å². The molecule has 1 aromatic rings. The van der Waals surface area contributed by atoms with E-state index in [0.29, 0.717) is 6.42 Å². The van der Waals surface area contributed by atoms with Gasteiger partial charge in [0.2, 0.25) is 5.91 Å². The van der Waals surface area contributed by atoms with Crippen molar-refractivity contribution < 1.29 is 19.8 Å². The Morgan fingerprint density at radius 1 is 1.11 bits per heavy atom. The van der Waals surface area contributed by atoms with Gasteiger partial charge in [0.25, 0.3) is 0 Å². The molecular weight excluding hydrogens is 250 g/mol. The van der Waals surface area contributed by atoms with Gasteiger partial charge in [-0.2, -0.15) is 0 Å². The minimum atomic E-state index is -1.18. The van der Waals surface area contributed by atoms with Gasteiger partial charge in [-0.15, -0.1) is 0 Å². The first-order chi connectivity index (χ1) is 8.88. The van der Waals surface area contributed by atoms with Crippen LogP contribution in [0.1, 0.15) is 5.56 Å². The predicted octanol–water partition coefficient (Wildman–Crippen LogP) is -1.57. The lowest BCUT2D eigenvalue weighted by Crippen LogP contribution is -2.38. The zero-order valence-electron chi connectivity index (χ0n) is 10.4. The summed E-state index contributed by atoms with van der Waals surface area (Å²) in [7, 11) is 0. The molecule has 0 fully saturated rings. The third-order valence-corrected chi connectivity index (χ3v) is 2.18. The molecule has 0 aliphatic carbocycles. The first kappa shape index (κ1) is 17.0. The van der Waals surface area contributed by atoms with Crippen molar-refractivity contribution in [2.75, 3.05) is 6.61 Å². The van der Waals surface area contributed by atoms with Gasteiger partial charge in [0.15, 0.2) is 0 Å². The molecule has 0 unspecified atom stereocenters. The van der Waals surface area contributed by atoms with Crippen molar-refractivity contribution >= 4 is 11.9 Å². The Kier molecular flexibility index (Phi) is 8.10. The van der Waals surface area contributed by atoms with E-state index in [0.717, 1.165) is 5.56 Å². The fraction of sp³-hybridized carbons (Fsp3) is 0.333. The Bertz CT molecular complexity index is 397. The summed E-state index contributed by atoms with van der Waals surface area (Å²) < 4.78 is 0. The summed E-state index contributed by atoms with van der Waals surface area (Å²) in [4.78, 5) is 20.2. The highest BCUT2D eigenvalue weighted by atomic mass is 16.4. The summed E-state index contributed by atoms with van der Waals surface area (Å²) in [5.41, 5.74) is 16.3. The normalized spacial score (nSPS) is 12.8. The maximum atomic E-state index is 10.6. The highest BCUT2D eigenvalue weighted by Crippen LogP contribution is 2.00. The number of carboxylic acids is 1. The number of carbonyl (C=O) groups is 2. The Morgan fingerprint density at radius 3 is 1.95 bits per heavy atom. The first-order valence-corrected chi connectivity index (χ1v) is 5.56. The van der Waals surface area contributed by atoms with E-state index in [1.54, 1.807) is 0 Å². The third kappa shape index (κ3) is 7.87. The van der Waals surface area contributed by atoms with Crippen molar-refractivity contribution in [1.82, 2.24) is 0 Å². The largest absolute Gasteiger partial charge is 0.480 e. The van der Waals surface area contributed by atoms with Gasteiger partial charge in [-0.3, -0.25) is 9.59 Å². The summed E-state index contributed by atoms with van der Waals surface area (Å²) in [5, 5.41) is 15.9. The van der Waals surface area contributed by atoms with Crippen LogP contribution in [0.3, 0.4) is 0 Å². The van der Waals surface area contributed by atoms with Crippen LogP contribution in [0.15, 0.2) is 30.3 Å². The van der Waals surface area contributed by atoms with Gasteiger partial charge in [-0.25, -0.2) is 0 Å². The minimum absolute atomic E-state index is 0.459. The van der Waals surface area contributed by atoms with Crippen LogP contribution in [0.25, 0.3) is 0 Å². The second-order valence-corrected chi connectivity index (χ2v) is 3.83. The highest BCUT2D eigenvalue weighted by Gasteiger charge is 2.08. The second-order valence-electron chi connectivity index (χ2n) is 3.83. The van der Waals surface area contributed by atoms with E-state index >= 15 is 0 Å². The Labute approximate surface area is 111 Å². The Hall–Kier alpha value is -1.96. The molecule has 0 aliphatic heterocycles. The fourth-order valence-electron chi connectivity index (χ4n) is 1.05. The number of aliphatic hydroxyl groups excluding tert-OH is 1. The van der Waals surface area contributed by atoms with E-state index in [2.05, 4.69) is 0 Å². The minimum Gasteiger partial charge on any atom is -0.480 e.